The molecule has 2 atom stereocenters. The summed E-state index contributed by atoms with van der Waals surface area (Å²) in [7, 11) is 0. The van der Waals surface area contributed by atoms with E-state index in [0.717, 1.165) is 38.3 Å². The lowest BCUT2D eigenvalue weighted by Gasteiger charge is -2.28. The Hall–Kier alpha value is -1.29. The van der Waals surface area contributed by atoms with Gasteiger partial charge in [0.25, 0.3) is 0 Å². The van der Waals surface area contributed by atoms with E-state index in [2.05, 4.69) is 4.90 Å². The zero-order valence-electron chi connectivity index (χ0n) is 11.4. The van der Waals surface area contributed by atoms with Crippen molar-refractivity contribution in [1.29, 1.82) is 0 Å². The largest absolute Gasteiger partial charge is 0.299 e. The first kappa shape index (κ1) is 13.7. The van der Waals surface area contributed by atoms with Gasteiger partial charge >= 0.3 is 0 Å². The lowest BCUT2D eigenvalue weighted by atomic mass is 9.95. The maximum Gasteiger partial charge on any atom is 0.137 e. The Morgan fingerprint density at radius 1 is 1.10 bits per heavy atom. The van der Waals surface area contributed by atoms with Gasteiger partial charge in [0.05, 0.1) is 0 Å². The van der Waals surface area contributed by atoms with Gasteiger partial charge in [-0.2, -0.15) is 0 Å². The summed E-state index contributed by atoms with van der Waals surface area (Å²) in [6.45, 7) is 1.44. The van der Waals surface area contributed by atoms with E-state index < -0.39 is 11.6 Å². The number of ketones is 1. The number of Topliss-reactive ketones (excluding diaryl/α,β-unsaturated/α-hetero) is 1. The highest BCUT2D eigenvalue weighted by molar-refractivity contribution is 5.83. The van der Waals surface area contributed by atoms with Crippen LogP contribution in [0.25, 0.3) is 0 Å². The summed E-state index contributed by atoms with van der Waals surface area (Å²) in [6.07, 6.45) is 4.74. The molecular formula is C16H19F2NO. The summed E-state index contributed by atoms with van der Waals surface area (Å²) in [5, 5.41) is 0. The van der Waals surface area contributed by atoms with E-state index in [1.165, 1.54) is 12.1 Å². The fourth-order valence-electron chi connectivity index (χ4n) is 3.69. The first-order valence-corrected chi connectivity index (χ1v) is 7.35. The molecule has 2 unspecified atom stereocenters. The molecule has 3 rings (SSSR count). The summed E-state index contributed by atoms with van der Waals surface area (Å²) >= 11 is 0. The van der Waals surface area contributed by atoms with E-state index in [1.54, 1.807) is 0 Å². The van der Waals surface area contributed by atoms with Crippen LogP contribution in [0, 0.1) is 17.6 Å². The second-order valence-corrected chi connectivity index (χ2v) is 5.92. The van der Waals surface area contributed by atoms with Gasteiger partial charge in [-0.1, -0.05) is 0 Å². The van der Waals surface area contributed by atoms with Crippen LogP contribution in [0.15, 0.2) is 18.2 Å². The lowest BCUT2D eigenvalue weighted by molar-refractivity contribution is -0.122. The zero-order valence-corrected chi connectivity index (χ0v) is 11.4. The summed E-state index contributed by atoms with van der Waals surface area (Å²) in [4.78, 5) is 14.1. The summed E-state index contributed by atoms with van der Waals surface area (Å²) in [6, 6.07) is 3.92. The molecule has 1 aromatic rings. The van der Waals surface area contributed by atoms with E-state index in [0.29, 0.717) is 24.3 Å². The van der Waals surface area contributed by atoms with Gasteiger partial charge in [-0.3, -0.25) is 9.69 Å². The molecule has 1 saturated heterocycles. The molecule has 0 radical (unpaired) electrons. The smallest absolute Gasteiger partial charge is 0.137 e. The van der Waals surface area contributed by atoms with Crippen LogP contribution in [-0.4, -0.2) is 23.3 Å². The Morgan fingerprint density at radius 2 is 1.85 bits per heavy atom. The van der Waals surface area contributed by atoms with E-state index in [4.69, 9.17) is 0 Å². The van der Waals surface area contributed by atoms with Crippen molar-refractivity contribution < 1.29 is 13.6 Å². The predicted molar refractivity (Wildman–Crippen MR) is 72.1 cm³/mol. The molecule has 0 N–H and O–H groups in total. The molecule has 2 fully saturated rings. The quantitative estimate of drug-likeness (QED) is 0.846. The van der Waals surface area contributed by atoms with E-state index in [9.17, 15) is 13.6 Å². The Morgan fingerprint density at radius 3 is 2.50 bits per heavy atom. The molecule has 0 aromatic heterocycles. The highest BCUT2D eigenvalue weighted by atomic mass is 19.1. The van der Waals surface area contributed by atoms with Crippen LogP contribution >= 0.6 is 0 Å². The Labute approximate surface area is 117 Å². The van der Waals surface area contributed by atoms with Crippen molar-refractivity contribution >= 4 is 5.78 Å². The molecule has 0 bridgehead atoms. The standard InChI is InChI=1S/C16H19F2NO/c17-12-7-11(8-13(18)9-12)10-19-6-2-4-15(19)14-3-1-5-16(14)20/h7-9,14-15H,1-6,10H2. The SMILES string of the molecule is O=C1CCCC1C1CCCN1Cc1cc(F)cc(F)c1. The monoisotopic (exact) mass is 279 g/mol. The predicted octanol–water partition coefficient (Wildman–Crippen LogP) is 3.30. The van der Waals surface area contributed by atoms with Crippen LogP contribution in [0.1, 0.15) is 37.7 Å². The molecule has 1 aromatic carbocycles. The number of carbonyl (C=O) groups is 1. The fraction of sp³-hybridized carbons (Fsp3) is 0.562. The summed E-state index contributed by atoms with van der Waals surface area (Å²) in [5.41, 5.74) is 0.653. The molecule has 1 aliphatic carbocycles. The van der Waals surface area contributed by atoms with Crippen LogP contribution < -0.4 is 0 Å². The normalized spacial score (nSPS) is 27.4. The van der Waals surface area contributed by atoms with Gasteiger partial charge in [-0.15, -0.1) is 0 Å². The van der Waals surface area contributed by atoms with Crippen molar-refractivity contribution in [3.8, 4) is 0 Å². The van der Waals surface area contributed by atoms with Crippen molar-refractivity contribution in [3.63, 3.8) is 0 Å². The van der Waals surface area contributed by atoms with E-state index in [-0.39, 0.29) is 12.0 Å². The number of nitrogens with zero attached hydrogens (tertiary/aromatic N) is 1. The molecule has 1 heterocycles. The van der Waals surface area contributed by atoms with Crippen molar-refractivity contribution in [2.24, 2.45) is 5.92 Å². The van der Waals surface area contributed by atoms with Crippen LogP contribution in [0.2, 0.25) is 0 Å². The van der Waals surface area contributed by atoms with Crippen molar-refractivity contribution in [3.05, 3.63) is 35.4 Å². The Bertz CT molecular complexity index is 497. The minimum atomic E-state index is -0.535. The highest BCUT2D eigenvalue weighted by Crippen LogP contribution is 2.34. The molecule has 2 aliphatic rings. The van der Waals surface area contributed by atoms with Crippen LogP contribution in [0.5, 0.6) is 0 Å². The van der Waals surface area contributed by atoms with E-state index in [1.807, 2.05) is 0 Å². The number of likely N-dealkylation sites (tertiary alicyclic amines) is 1. The molecule has 1 aliphatic heterocycles. The molecule has 4 heteroatoms. The molecule has 1 saturated carbocycles. The maximum atomic E-state index is 13.2. The topological polar surface area (TPSA) is 20.3 Å². The number of hydrogen-bond acceptors (Lipinski definition) is 2. The number of halogens is 2. The second kappa shape index (κ2) is 5.60. The third-order valence-corrected chi connectivity index (χ3v) is 4.54. The zero-order chi connectivity index (χ0) is 14.1. The number of benzene rings is 1. The van der Waals surface area contributed by atoms with Gasteiger partial charge in [-0.25, -0.2) is 8.78 Å². The number of carbonyl (C=O) groups excluding carboxylic acids is 1. The van der Waals surface area contributed by atoms with Gasteiger partial charge in [0.1, 0.15) is 17.4 Å². The molecule has 20 heavy (non-hydrogen) atoms. The summed E-state index contributed by atoms with van der Waals surface area (Å²) < 4.78 is 26.5. The summed E-state index contributed by atoms with van der Waals surface area (Å²) in [5.74, 6) is -0.566. The molecule has 2 nitrogen and oxygen atoms in total. The average molecular weight is 279 g/mol. The minimum absolute atomic E-state index is 0.135. The third-order valence-electron chi connectivity index (χ3n) is 4.54. The minimum Gasteiger partial charge on any atom is -0.299 e. The fourth-order valence-corrected chi connectivity index (χ4v) is 3.69. The average Bonchev–Trinajstić information content (AvgIpc) is 2.96. The van der Waals surface area contributed by atoms with Gasteiger partial charge in [0.2, 0.25) is 0 Å². The third kappa shape index (κ3) is 2.75. The van der Waals surface area contributed by atoms with Gasteiger partial charge < -0.3 is 0 Å². The lowest BCUT2D eigenvalue weighted by Crippen LogP contribution is -2.37. The van der Waals surface area contributed by atoms with Crippen LogP contribution in [-0.2, 0) is 11.3 Å². The first-order valence-electron chi connectivity index (χ1n) is 7.35. The van der Waals surface area contributed by atoms with Crippen molar-refractivity contribution in [2.45, 2.75) is 44.7 Å². The molecule has 108 valence electrons. The first-order chi connectivity index (χ1) is 9.63. The van der Waals surface area contributed by atoms with Gasteiger partial charge in [0, 0.05) is 31.0 Å². The highest BCUT2D eigenvalue weighted by Gasteiger charge is 2.37. The second-order valence-electron chi connectivity index (χ2n) is 5.92. The molecule has 0 amide bonds. The van der Waals surface area contributed by atoms with E-state index >= 15 is 0 Å². The van der Waals surface area contributed by atoms with Crippen LogP contribution in [0.3, 0.4) is 0 Å². The van der Waals surface area contributed by atoms with Gasteiger partial charge in [-0.05, 0) is 49.9 Å². The molecule has 0 spiro atoms. The van der Waals surface area contributed by atoms with Crippen molar-refractivity contribution in [1.82, 2.24) is 4.90 Å². The number of hydrogen-bond donors (Lipinski definition) is 0. The number of rotatable bonds is 3. The van der Waals surface area contributed by atoms with Crippen LogP contribution in [0.4, 0.5) is 8.78 Å². The van der Waals surface area contributed by atoms with Crippen molar-refractivity contribution in [2.75, 3.05) is 6.54 Å². The molecular weight excluding hydrogens is 260 g/mol. The maximum absolute atomic E-state index is 13.2. The van der Waals surface area contributed by atoms with Gasteiger partial charge in [0.15, 0.2) is 0 Å². The Balaban J connectivity index is 1.74. The Kier molecular flexibility index (Phi) is 3.83.